The maximum atomic E-state index is 12.2. The smallest absolute Gasteiger partial charge is 0.228 e. The third-order valence-corrected chi connectivity index (χ3v) is 4.54. The van der Waals surface area contributed by atoms with Gasteiger partial charge < -0.3 is 10.6 Å². The van der Waals surface area contributed by atoms with E-state index in [1.165, 1.54) is 6.42 Å². The van der Waals surface area contributed by atoms with Crippen molar-refractivity contribution in [3.63, 3.8) is 0 Å². The standard InChI is InChI=1S/C17H23N3O2/c1-11-9-15(20-17(22)12-5-3-2-4-6-12)18-10-14(11)19-16(21)13-7-8-13/h9-10,12-13H,2-8H2,1H3,(H,19,21)(H,18,20,22). The second kappa shape index (κ2) is 6.46. The number of aromatic nitrogens is 1. The second-order valence-electron chi connectivity index (χ2n) is 6.47. The van der Waals surface area contributed by atoms with Crippen LogP contribution in [0.2, 0.25) is 0 Å². The maximum Gasteiger partial charge on any atom is 0.228 e. The third-order valence-electron chi connectivity index (χ3n) is 4.54. The molecule has 0 radical (unpaired) electrons. The number of hydrogen-bond donors (Lipinski definition) is 2. The molecule has 0 unspecified atom stereocenters. The van der Waals surface area contributed by atoms with Crippen LogP contribution in [0.1, 0.15) is 50.5 Å². The van der Waals surface area contributed by atoms with Crippen LogP contribution in [0.5, 0.6) is 0 Å². The van der Waals surface area contributed by atoms with Crippen molar-refractivity contribution in [1.29, 1.82) is 0 Å². The summed E-state index contributed by atoms with van der Waals surface area (Å²) in [6, 6.07) is 1.82. The van der Waals surface area contributed by atoms with Crippen LogP contribution >= 0.6 is 0 Å². The molecule has 3 rings (SSSR count). The summed E-state index contributed by atoms with van der Waals surface area (Å²) in [7, 11) is 0. The Morgan fingerprint density at radius 2 is 1.64 bits per heavy atom. The van der Waals surface area contributed by atoms with Crippen molar-refractivity contribution in [1.82, 2.24) is 4.98 Å². The van der Waals surface area contributed by atoms with Crippen LogP contribution in [-0.2, 0) is 9.59 Å². The largest absolute Gasteiger partial charge is 0.324 e. The van der Waals surface area contributed by atoms with Crippen molar-refractivity contribution in [3.8, 4) is 0 Å². The van der Waals surface area contributed by atoms with Gasteiger partial charge in [0.1, 0.15) is 5.82 Å². The minimum Gasteiger partial charge on any atom is -0.324 e. The fraction of sp³-hybridized carbons (Fsp3) is 0.588. The van der Waals surface area contributed by atoms with Crippen molar-refractivity contribution < 1.29 is 9.59 Å². The summed E-state index contributed by atoms with van der Waals surface area (Å²) in [6.07, 6.45) is 9.04. The maximum absolute atomic E-state index is 12.2. The Morgan fingerprint density at radius 3 is 2.27 bits per heavy atom. The fourth-order valence-electron chi connectivity index (χ4n) is 2.93. The number of nitrogens with one attached hydrogen (secondary N) is 2. The monoisotopic (exact) mass is 301 g/mol. The molecule has 2 saturated carbocycles. The zero-order valence-corrected chi connectivity index (χ0v) is 13.0. The first-order valence-corrected chi connectivity index (χ1v) is 8.22. The molecule has 22 heavy (non-hydrogen) atoms. The predicted octanol–water partition coefficient (Wildman–Crippen LogP) is 3.26. The Kier molecular flexibility index (Phi) is 4.41. The number of carbonyl (C=O) groups is 2. The van der Waals surface area contributed by atoms with Crippen molar-refractivity contribution in [3.05, 3.63) is 17.8 Å². The van der Waals surface area contributed by atoms with E-state index in [0.717, 1.165) is 49.8 Å². The van der Waals surface area contributed by atoms with Crippen LogP contribution in [0.15, 0.2) is 12.3 Å². The van der Waals surface area contributed by atoms with Gasteiger partial charge in [0, 0.05) is 11.8 Å². The van der Waals surface area contributed by atoms with Gasteiger partial charge in [-0.15, -0.1) is 0 Å². The van der Waals surface area contributed by atoms with Gasteiger partial charge in [-0.1, -0.05) is 19.3 Å². The van der Waals surface area contributed by atoms with Gasteiger partial charge in [0.2, 0.25) is 11.8 Å². The highest BCUT2D eigenvalue weighted by molar-refractivity contribution is 5.95. The van der Waals surface area contributed by atoms with Gasteiger partial charge in [0.25, 0.3) is 0 Å². The number of carbonyl (C=O) groups excluding carboxylic acids is 2. The molecule has 0 atom stereocenters. The molecule has 2 fully saturated rings. The van der Waals surface area contributed by atoms with E-state index in [4.69, 9.17) is 0 Å². The lowest BCUT2D eigenvalue weighted by Crippen LogP contribution is -2.25. The van der Waals surface area contributed by atoms with E-state index in [1.54, 1.807) is 6.20 Å². The Bertz CT molecular complexity index is 575. The van der Waals surface area contributed by atoms with Crippen molar-refractivity contribution >= 4 is 23.3 Å². The molecule has 1 aromatic heterocycles. The average Bonchev–Trinajstić information content (AvgIpc) is 3.35. The first-order chi connectivity index (χ1) is 10.6. The summed E-state index contributed by atoms with van der Waals surface area (Å²) in [5, 5.41) is 5.81. The van der Waals surface area contributed by atoms with Gasteiger partial charge in [0.15, 0.2) is 0 Å². The van der Waals surface area contributed by atoms with E-state index < -0.39 is 0 Å². The molecular weight excluding hydrogens is 278 g/mol. The summed E-state index contributed by atoms with van der Waals surface area (Å²) < 4.78 is 0. The minimum absolute atomic E-state index is 0.0707. The number of amides is 2. The number of anilines is 2. The van der Waals surface area contributed by atoms with Gasteiger partial charge >= 0.3 is 0 Å². The van der Waals surface area contributed by atoms with E-state index in [0.29, 0.717) is 5.82 Å². The van der Waals surface area contributed by atoms with Crippen molar-refractivity contribution in [2.24, 2.45) is 11.8 Å². The number of hydrogen-bond acceptors (Lipinski definition) is 3. The fourth-order valence-corrected chi connectivity index (χ4v) is 2.93. The summed E-state index contributed by atoms with van der Waals surface area (Å²) in [5.41, 5.74) is 1.65. The zero-order valence-electron chi connectivity index (χ0n) is 13.0. The molecule has 0 bridgehead atoms. The van der Waals surface area contributed by atoms with Gasteiger partial charge in [-0.05, 0) is 44.2 Å². The van der Waals surface area contributed by atoms with Gasteiger partial charge in [-0.3, -0.25) is 9.59 Å². The molecule has 118 valence electrons. The average molecular weight is 301 g/mol. The summed E-state index contributed by atoms with van der Waals surface area (Å²) in [6.45, 7) is 1.92. The van der Waals surface area contributed by atoms with E-state index in [9.17, 15) is 9.59 Å². The SMILES string of the molecule is Cc1cc(NC(=O)C2CCCCC2)ncc1NC(=O)C1CC1. The van der Waals surface area contributed by atoms with Gasteiger partial charge in [-0.2, -0.15) is 0 Å². The number of rotatable bonds is 4. The topological polar surface area (TPSA) is 71.1 Å². The highest BCUT2D eigenvalue weighted by Gasteiger charge is 2.30. The van der Waals surface area contributed by atoms with E-state index >= 15 is 0 Å². The third kappa shape index (κ3) is 3.64. The summed E-state index contributed by atoms with van der Waals surface area (Å²) in [4.78, 5) is 28.3. The normalized spacial score (nSPS) is 18.8. The number of nitrogens with zero attached hydrogens (tertiary/aromatic N) is 1. The summed E-state index contributed by atoms with van der Waals surface area (Å²) in [5.74, 6) is 0.998. The Morgan fingerprint density at radius 1 is 1.00 bits per heavy atom. The van der Waals surface area contributed by atoms with Gasteiger partial charge in [-0.25, -0.2) is 4.98 Å². The first-order valence-electron chi connectivity index (χ1n) is 8.22. The number of aryl methyl sites for hydroxylation is 1. The molecule has 0 saturated heterocycles. The molecule has 2 amide bonds. The lowest BCUT2D eigenvalue weighted by Gasteiger charge is -2.20. The first kappa shape index (κ1) is 15.0. The molecule has 2 N–H and O–H groups in total. The van der Waals surface area contributed by atoms with Crippen molar-refractivity contribution in [2.75, 3.05) is 10.6 Å². The molecule has 1 aromatic rings. The molecule has 0 aromatic carbocycles. The lowest BCUT2D eigenvalue weighted by molar-refractivity contribution is -0.120. The molecule has 0 aliphatic heterocycles. The molecule has 0 spiro atoms. The van der Waals surface area contributed by atoms with Gasteiger partial charge in [0.05, 0.1) is 11.9 Å². The molecular formula is C17H23N3O2. The quantitative estimate of drug-likeness (QED) is 0.896. The highest BCUT2D eigenvalue weighted by Crippen LogP contribution is 2.31. The van der Waals surface area contributed by atoms with Crippen LogP contribution in [-0.4, -0.2) is 16.8 Å². The van der Waals surface area contributed by atoms with Crippen LogP contribution in [0.25, 0.3) is 0 Å². The molecule has 1 heterocycles. The lowest BCUT2D eigenvalue weighted by atomic mass is 9.89. The number of pyridine rings is 1. The van der Waals surface area contributed by atoms with Crippen LogP contribution in [0.4, 0.5) is 11.5 Å². The molecule has 2 aliphatic rings. The Labute approximate surface area is 130 Å². The molecule has 2 aliphatic carbocycles. The van der Waals surface area contributed by atoms with E-state index in [-0.39, 0.29) is 23.7 Å². The van der Waals surface area contributed by atoms with E-state index in [2.05, 4.69) is 15.6 Å². The van der Waals surface area contributed by atoms with Crippen LogP contribution in [0.3, 0.4) is 0 Å². The Balaban J connectivity index is 1.60. The molecule has 5 heteroatoms. The van der Waals surface area contributed by atoms with Crippen LogP contribution < -0.4 is 10.6 Å². The van der Waals surface area contributed by atoms with Crippen molar-refractivity contribution in [2.45, 2.75) is 51.9 Å². The molecule has 5 nitrogen and oxygen atoms in total. The van der Waals surface area contributed by atoms with Crippen LogP contribution in [0, 0.1) is 18.8 Å². The minimum atomic E-state index is 0.0707. The van der Waals surface area contributed by atoms with E-state index in [1.807, 2.05) is 13.0 Å². The summed E-state index contributed by atoms with van der Waals surface area (Å²) >= 11 is 0. The Hall–Kier alpha value is -1.91. The second-order valence-corrected chi connectivity index (χ2v) is 6.47. The zero-order chi connectivity index (χ0) is 15.5. The highest BCUT2D eigenvalue weighted by atomic mass is 16.2. The predicted molar refractivity (Wildman–Crippen MR) is 85.5 cm³/mol.